The summed E-state index contributed by atoms with van der Waals surface area (Å²) >= 11 is 1.92. The van der Waals surface area contributed by atoms with E-state index < -0.39 is 0 Å². The average Bonchev–Trinajstić information content (AvgIpc) is 2.57. The molecule has 0 spiro atoms. The van der Waals surface area contributed by atoms with E-state index in [1.807, 2.05) is 11.8 Å². The molecule has 0 aliphatic heterocycles. The number of nitrogens with one attached hydrogen (secondary N) is 1. The van der Waals surface area contributed by atoms with Crippen LogP contribution >= 0.6 is 11.8 Å². The lowest BCUT2D eigenvalue weighted by atomic mass is 10.6. The molecule has 0 saturated heterocycles. The number of nitrogens with zero attached hydrogens (tertiary/aromatic N) is 2. The van der Waals surface area contributed by atoms with E-state index in [1.165, 1.54) is 12.1 Å². The monoisotopic (exact) mass is 187 g/mol. The fourth-order valence-electron chi connectivity index (χ4n) is 0.759. The van der Waals surface area contributed by atoms with Gasteiger partial charge < -0.3 is 9.84 Å². The molecular formula is C7H13N3OS. The van der Waals surface area contributed by atoms with Gasteiger partial charge in [0.1, 0.15) is 0 Å². The van der Waals surface area contributed by atoms with E-state index in [9.17, 15) is 0 Å². The van der Waals surface area contributed by atoms with E-state index in [0.717, 1.165) is 18.1 Å². The second-order valence-corrected chi connectivity index (χ2v) is 3.61. The Bertz CT molecular complexity index is 191. The predicted molar refractivity (Wildman–Crippen MR) is 49.0 cm³/mol. The Kier molecular flexibility index (Phi) is 4.79. The highest BCUT2D eigenvalue weighted by Crippen LogP contribution is 1.95. The summed E-state index contributed by atoms with van der Waals surface area (Å²) in [5.41, 5.74) is 0. The van der Waals surface area contributed by atoms with Crippen LogP contribution in [0.3, 0.4) is 0 Å². The van der Waals surface area contributed by atoms with Gasteiger partial charge in [0.05, 0.1) is 6.54 Å². The summed E-state index contributed by atoms with van der Waals surface area (Å²) in [7, 11) is 0. The molecule has 0 unspecified atom stereocenters. The molecule has 0 aromatic carbocycles. The number of hydrogen-bond acceptors (Lipinski definition) is 5. The maximum Gasteiger partial charge on any atom is 0.213 e. The van der Waals surface area contributed by atoms with Crippen LogP contribution in [0.1, 0.15) is 12.7 Å². The van der Waals surface area contributed by atoms with Crippen LogP contribution in [0, 0.1) is 0 Å². The Hall–Kier alpha value is -0.550. The van der Waals surface area contributed by atoms with Crippen LogP contribution in [-0.2, 0) is 6.54 Å². The zero-order chi connectivity index (χ0) is 8.65. The van der Waals surface area contributed by atoms with Crippen LogP contribution in [0.4, 0.5) is 0 Å². The normalized spacial score (nSPS) is 10.4. The van der Waals surface area contributed by atoms with E-state index in [1.54, 1.807) is 0 Å². The Labute approximate surface area is 76.1 Å². The highest BCUT2D eigenvalue weighted by atomic mass is 32.2. The minimum atomic E-state index is 0.695. The number of rotatable bonds is 6. The summed E-state index contributed by atoms with van der Waals surface area (Å²) in [5, 5.41) is 6.90. The molecule has 5 heteroatoms. The first-order valence-electron chi connectivity index (χ1n) is 3.97. The Balaban J connectivity index is 1.96. The lowest BCUT2D eigenvalue weighted by Crippen LogP contribution is -2.17. The predicted octanol–water partition coefficient (Wildman–Crippen LogP) is 0.912. The molecule has 1 heterocycles. The summed E-state index contributed by atoms with van der Waals surface area (Å²) in [4.78, 5) is 3.89. The van der Waals surface area contributed by atoms with E-state index in [2.05, 4.69) is 26.9 Å². The van der Waals surface area contributed by atoms with Crippen molar-refractivity contribution in [2.45, 2.75) is 13.5 Å². The van der Waals surface area contributed by atoms with Gasteiger partial charge in [-0.3, -0.25) is 0 Å². The first-order chi connectivity index (χ1) is 5.93. The summed E-state index contributed by atoms with van der Waals surface area (Å²) < 4.78 is 4.59. The summed E-state index contributed by atoms with van der Waals surface area (Å²) in [6.45, 7) is 3.84. The third-order valence-corrected chi connectivity index (χ3v) is 2.22. The van der Waals surface area contributed by atoms with Crippen LogP contribution in [0.2, 0.25) is 0 Å². The minimum Gasteiger partial charge on any atom is -0.343 e. The molecule has 0 aliphatic rings. The standard InChI is InChI=1S/C7H13N3OS/c1-2-12-4-3-8-5-7-9-6-11-10-7/h6,8H,2-5H2,1H3. The Morgan fingerprint density at radius 2 is 2.58 bits per heavy atom. The summed E-state index contributed by atoms with van der Waals surface area (Å²) in [5.74, 6) is 3.02. The smallest absolute Gasteiger partial charge is 0.213 e. The molecule has 68 valence electrons. The van der Waals surface area contributed by atoms with Crippen molar-refractivity contribution < 1.29 is 4.52 Å². The highest BCUT2D eigenvalue weighted by molar-refractivity contribution is 7.99. The Morgan fingerprint density at radius 1 is 1.67 bits per heavy atom. The van der Waals surface area contributed by atoms with Gasteiger partial charge in [-0.15, -0.1) is 0 Å². The zero-order valence-corrected chi connectivity index (χ0v) is 7.93. The molecule has 0 saturated carbocycles. The maximum absolute atomic E-state index is 4.59. The molecule has 0 bridgehead atoms. The first kappa shape index (κ1) is 9.54. The molecule has 0 amide bonds. The van der Waals surface area contributed by atoms with Gasteiger partial charge in [0.2, 0.25) is 6.39 Å². The molecular weight excluding hydrogens is 174 g/mol. The van der Waals surface area contributed by atoms with Gasteiger partial charge in [-0.2, -0.15) is 16.7 Å². The number of hydrogen-bond donors (Lipinski definition) is 1. The van der Waals surface area contributed by atoms with E-state index >= 15 is 0 Å². The van der Waals surface area contributed by atoms with Crippen molar-refractivity contribution in [3.05, 3.63) is 12.2 Å². The molecule has 12 heavy (non-hydrogen) atoms. The van der Waals surface area contributed by atoms with Crippen molar-refractivity contribution in [3.8, 4) is 0 Å². The van der Waals surface area contributed by atoms with Crippen molar-refractivity contribution in [2.24, 2.45) is 0 Å². The number of aromatic nitrogens is 2. The molecule has 1 rings (SSSR count). The van der Waals surface area contributed by atoms with Crippen molar-refractivity contribution in [1.29, 1.82) is 0 Å². The van der Waals surface area contributed by atoms with Crippen LogP contribution < -0.4 is 5.32 Å². The molecule has 1 N–H and O–H groups in total. The van der Waals surface area contributed by atoms with Crippen molar-refractivity contribution >= 4 is 11.8 Å². The third-order valence-electron chi connectivity index (χ3n) is 1.32. The van der Waals surface area contributed by atoms with Crippen LogP contribution in [0.15, 0.2) is 10.9 Å². The largest absolute Gasteiger partial charge is 0.343 e. The molecule has 0 radical (unpaired) electrons. The molecule has 1 aromatic rings. The third kappa shape index (κ3) is 3.73. The molecule has 0 aliphatic carbocycles. The average molecular weight is 187 g/mol. The van der Waals surface area contributed by atoms with Gasteiger partial charge >= 0.3 is 0 Å². The van der Waals surface area contributed by atoms with Gasteiger partial charge in [0.25, 0.3) is 0 Å². The fraction of sp³-hybridized carbons (Fsp3) is 0.714. The van der Waals surface area contributed by atoms with Gasteiger partial charge in [-0.05, 0) is 5.75 Å². The summed E-state index contributed by atoms with van der Waals surface area (Å²) in [6, 6.07) is 0. The van der Waals surface area contributed by atoms with Crippen LogP contribution in [0.25, 0.3) is 0 Å². The van der Waals surface area contributed by atoms with Crippen molar-refractivity contribution in [3.63, 3.8) is 0 Å². The van der Waals surface area contributed by atoms with E-state index in [4.69, 9.17) is 0 Å². The second kappa shape index (κ2) is 6.02. The van der Waals surface area contributed by atoms with Crippen molar-refractivity contribution in [2.75, 3.05) is 18.1 Å². The highest BCUT2D eigenvalue weighted by Gasteiger charge is 1.95. The summed E-state index contributed by atoms with van der Waals surface area (Å²) in [6.07, 6.45) is 1.35. The molecule has 0 fully saturated rings. The molecule has 0 atom stereocenters. The van der Waals surface area contributed by atoms with Crippen LogP contribution in [-0.4, -0.2) is 28.2 Å². The Morgan fingerprint density at radius 3 is 3.25 bits per heavy atom. The topological polar surface area (TPSA) is 51.0 Å². The van der Waals surface area contributed by atoms with Gasteiger partial charge in [0.15, 0.2) is 5.82 Å². The quantitative estimate of drug-likeness (QED) is 0.671. The maximum atomic E-state index is 4.59. The fourth-order valence-corrected chi connectivity index (χ4v) is 1.34. The zero-order valence-electron chi connectivity index (χ0n) is 7.12. The lowest BCUT2D eigenvalue weighted by Gasteiger charge is -1.99. The van der Waals surface area contributed by atoms with E-state index in [0.29, 0.717) is 6.54 Å². The molecule has 4 nitrogen and oxygen atoms in total. The van der Waals surface area contributed by atoms with Gasteiger partial charge in [-0.1, -0.05) is 12.1 Å². The number of thioether (sulfide) groups is 1. The SMILES string of the molecule is CCSCCNCc1ncon1. The van der Waals surface area contributed by atoms with E-state index in [-0.39, 0.29) is 0 Å². The van der Waals surface area contributed by atoms with Crippen molar-refractivity contribution in [1.82, 2.24) is 15.5 Å². The minimum absolute atomic E-state index is 0.695. The molecule has 1 aromatic heterocycles. The van der Waals surface area contributed by atoms with Gasteiger partial charge in [-0.25, -0.2) is 0 Å². The second-order valence-electron chi connectivity index (χ2n) is 2.22. The lowest BCUT2D eigenvalue weighted by molar-refractivity contribution is 0.407. The van der Waals surface area contributed by atoms with Gasteiger partial charge in [0, 0.05) is 12.3 Å². The first-order valence-corrected chi connectivity index (χ1v) is 5.12. The van der Waals surface area contributed by atoms with Crippen LogP contribution in [0.5, 0.6) is 0 Å².